The molecule has 0 amide bonds. The number of fused-ring (bicyclic) bond motifs is 1. The Morgan fingerprint density at radius 2 is 2.00 bits per heavy atom. The van der Waals surface area contributed by atoms with Gasteiger partial charge in [0.05, 0.1) is 4.88 Å². The van der Waals surface area contributed by atoms with E-state index in [2.05, 4.69) is 0 Å². The number of ketones is 1. The zero-order valence-electron chi connectivity index (χ0n) is 9.99. The smallest absolute Gasteiger partial charge is 0.347 e. The zero-order chi connectivity index (χ0) is 14.3. The summed E-state index contributed by atoms with van der Waals surface area (Å²) in [5.74, 6) is -1.34. The fraction of sp³-hybridized carbons (Fsp3) is 0. The molecule has 0 unspecified atom stereocenters. The van der Waals surface area contributed by atoms with Crippen LogP contribution in [0, 0.1) is 0 Å². The minimum Gasteiger partial charge on any atom is -0.504 e. The maximum absolute atomic E-state index is 12.2. The highest BCUT2D eigenvalue weighted by molar-refractivity contribution is 7.12. The minimum absolute atomic E-state index is 0.106. The van der Waals surface area contributed by atoms with Crippen LogP contribution in [0.1, 0.15) is 15.2 Å². The van der Waals surface area contributed by atoms with E-state index >= 15 is 0 Å². The summed E-state index contributed by atoms with van der Waals surface area (Å²) in [6.07, 6.45) is 0. The fourth-order valence-electron chi connectivity index (χ4n) is 1.86. The molecular formula is C14H8O5S. The van der Waals surface area contributed by atoms with E-state index in [4.69, 9.17) is 4.42 Å². The van der Waals surface area contributed by atoms with Gasteiger partial charge in [-0.15, -0.1) is 11.3 Å². The van der Waals surface area contributed by atoms with Crippen molar-refractivity contribution in [2.24, 2.45) is 0 Å². The quantitative estimate of drug-likeness (QED) is 0.430. The Bertz CT molecular complexity index is 861. The van der Waals surface area contributed by atoms with Crippen LogP contribution in [0.5, 0.6) is 11.5 Å². The van der Waals surface area contributed by atoms with Crippen molar-refractivity contribution in [1.29, 1.82) is 0 Å². The Balaban J connectivity index is 2.24. The summed E-state index contributed by atoms with van der Waals surface area (Å²) in [5.41, 5.74) is -1.10. The molecule has 3 aromatic rings. The van der Waals surface area contributed by atoms with Crippen LogP contribution < -0.4 is 5.63 Å². The molecule has 6 heteroatoms. The Hall–Kier alpha value is -2.60. The molecule has 2 aromatic heterocycles. The first-order chi connectivity index (χ1) is 9.58. The number of aromatic hydroxyl groups is 2. The summed E-state index contributed by atoms with van der Waals surface area (Å²) < 4.78 is 4.94. The van der Waals surface area contributed by atoms with Gasteiger partial charge in [0.2, 0.25) is 11.5 Å². The normalized spacial score (nSPS) is 10.8. The molecule has 0 atom stereocenters. The lowest BCUT2D eigenvalue weighted by Gasteiger charge is -2.03. The third kappa shape index (κ3) is 1.86. The molecule has 20 heavy (non-hydrogen) atoms. The summed E-state index contributed by atoms with van der Waals surface area (Å²) in [6, 6.07) is 7.40. The first kappa shape index (κ1) is 12.4. The maximum atomic E-state index is 12.2. The molecule has 0 aliphatic heterocycles. The van der Waals surface area contributed by atoms with Crippen molar-refractivity contribution < 1.29 is 19.4 Å². The Labute approximate surface area is 116 Å². The van der Waals surface area contributed by atoms with Gasteiger partial charge in [0.1, 0.15) is 5.56 Å². The first-order valence-corrected chi connectivity index (χ1v) is 6.53. The van der Waals surface area contributed by atoms with Crippen LogP contribution >= 0.6 is 11.3 Å². The molecule has 0 saturated carbocycles. The summed E-state index contributed by atoms with van der Waals surface area (Å²) >= 11 is 1.23. The number of benzene rings is 1. The fourth-order valence-corrected chi connectivity index (χ4v) is 2.54. The number of hydrogen-bond acceptors (Lipinski definition) is 6. The second-order valence-electron chi connectivity index (χ2n) is 4.11. The Morgan fingerprint density at radius 3 is 2.70 bits per heavy atom. The topological polar surface area (TPSA) is 87.7 Å². The van der Waals surface area contributed by atoms with Gasteiger partial charge in [-0.3, -0.25) is 4.79 Å². The standard InChI is InChI=1S/C14H8O5S/c15-9-4-3-7-6-8(11(16)10-2-1-5-20-10)14(18)19-13(7)12(9)17/h1-6,15,17H. The molecule has 1 aromatic carbocycles. The van der Waals surface area contributed by atoms with Gasteiger partial charge >= 0.3 is 5.63 Å². The first-order valence-electron chi connectivity index (χ1n) is 5.65. The van der Waals surface area contributed by atoms with E-state index < -0.39 is 22.9 Å². The summed E-state index contributed by atoms with van der Waals surface area (Å²) in [7, 11) is 0. The molecule has 5 nitrogen and oxygen atoms in total. The number of carbonyl (C=O) groups excluding carboxylic acids is 1. The van der Waals surface area contributed by atoms with Crippen LogP contribution in [0.25, 0.3) is 11.0 Å². The SMILES string of the molecule is O=C(c1cccs1)c1cc2ccc(O)c(O)c2oc1=O. The van der Waals surface area contributed by atoms with Crippen LogP contribution in [-0.2, 0) is 0 Å². The Kier molecular flexibility index (Phi) is 2.80. The van der Waals surface area contributed by atoms with Gasteiger partial charge in [-0.1, -0.05) is 6.07 Å². The van der Waals surface area contributed by atoms with Crippen LogP contribution in [0.15, 0.2) is 44.9 Å². The van der Waals surface area contributed by atoms with Crippen molar-refractivity contribution in [1.82, 2.24) is 0 Å². The highest BCUT2D eigenvalue weighted by Gasteiger charge is 2.18. The second kappa shape index (κ2) is 4.50. The largest absolute Gasteiger partial charge is 0.504 e. The van der Waals surface area contributed by atoms with E-state index in [0.29, 0.717) is 10.3 Å². The highest BCUT2D eigenvalue weighted by atomic mass is 32.1. The van der Waals surface area contributed by atoms with Gasteiger partial charge in [-0.25, -0.2) is 4.79 Å². The molecule has 2 N–H and O–H groups in total. The average molecular weight is 288 g/mol. The second-order valence-corrected chi connectivity index (χ2v) is 5.05. The molecule has 0 spiro atoms. The summed E-state index contributed by atoms with van der Waals surface area (Å²) in [4.78, 5) is 24.5. The molecular weight excluding hydrogens is 280 g/mol. The van der Waals surface area contributed by atoms with E-state index in [1.54, 1.807) is 17.5 Å². The minimum atomic E-state index is -0.850. The van der Waals surface area contributed by atoms with Gasteiger partial charge in [0, 0.05) is 5.39 Å². The van der Waals surface area contributed by atoms with Crippen molar-refractivity contribution in [3.8, 4) is 11.5 Å². The number of thiophene rings is 1. The number of hydrogen-bond donors (Lipinski definition) is 2. The maximum Gasteiger partial charge on any atom is 0.347 e. The van der Waals surface area contributed by atoms with Gasteiger partial charge < -0.3 is 14.6 Å². The lowest BCUT2D eigenvalue weighted by molar-refractivity contribution is 0.103. The van der Waals surface area contributed by atoms with Crippen LogP contribution in [0.4, 0.5) is 0 Å². The predicted molar refractivity (Wildman–Crippen MR) is 73.6 cm³/mol. The van der Waals surface area contributed by atoms with E-state index in [1.807, 2.05) is 0 Å². The lowest BCUT2D eigenvalue weighted by atomic mass is 10.1. The number of phenols is 2. The summed E-state index contributed by atoms with van der Waals surface area (Å²) in [6.45, 7) is 0. The van der Waals surface area contributed by atoms with Crippen molar-refractivity contribution in [2.45, 2.75) is 0 Å². The zero-order valence-corrected chi connectivity index (χ0v) is 10.8. The number of rotatable bonds is 2. The Morgan fingerprint density at radius 1 is 1.20 bits per heavy atom. The molecule has 2 heterocycles. The molecule has 100 valence electrons. The van der Waals surface area contributed by atoms with Gasteiger partial charge in [0.15, 0.2) is 11.3 Å². The molecule has 0 fully saturated rings. The van der Waals surface area contributed by atoms with Crippen molar-refractivity contribution in [3.63, 3.8) is 0 Å². The van der Waals surface area contributed by atoms with Gasteiger partial charge in [0.25, 0.3) is 0 Å². The third-order valence-corrected chi connectivity index (χ3v) is 3.71. The van der Waals surface area contributed by atoms with E-state index in [-0.39, 0.29) is 11.1 Å². The van der Waals surface area contributed by atoms with Crippen molar-refractivity contribution in [2.75, 3.05) is 0 Å². The van der Waals surface area contributed by atoms with Gasteiger partial charge in [-0.05, 0) is 29.6 Å². The highest BCUT2D eigenvalue weighted by Crippen LogP contribution is 2.33. The molecule has 0 bridgehead atoms. The van der Waals surface area contributed by atoms with Crippen molar-refractivity contribution in [3.05, 3.63) is 56.6 Å². The average Bonchev–Trinajstić information content (AvgIpc) is 2.96. The van der Waals surface area contributed by atoms with Gasteiger partial charge in [-0.2, -0.15) is 0 Å². The number of phenolic OH excluding ortho intramolecular Hbond substituents is 2. The van der Waals surface area contributed by atoms with Crippen LogP contribution in [0.3, 0.4) is 0 Å². The van der Waals surface area contributed by atoms with E-state index in [1.165, 1.54) is 29.5 Å². The lowest BCUT2D eigenvalue weighted by Crippen LogP contribution is -2.13. The van der Waals surface area contributed by atoms with Crippen molar-refractivity contribution >= 4 is 28.1 Å². The van der Waals surface area contributed by atoms with Crippen LogP contribution in [-0.4, -0.2) is 16.0 Å². The monoisotopic (exact) mass is 288 g/mol. The third-order valence-electron chi connectivity index (χ3n) is 2.84. The predicted octanol–water partition coefficient (Wildman–Crippen LogP) is 2.50. The molecule has 0 radical (unpaired) electrons. The molecule has 3 rings (SSSR count). The molecule has 0 saturated heterocycles. The summed E-state index contributed by atoms with van der Waals surface area (Å²) in [5, 5.41) is 21.1. The number of carbonyl (C=O) groups is 1. The molecule has 0 aliphatic rings. The van der Waals surface area contributed by atoms with E-state index in [0.717, 1.165) is 0 Å². The van der Waals surface area contributed by atoms with E-state index in [9.17, 15) is 19.8 Å². The van der Waals surface area contributed by atoms with Crippen LogP contribution in [0.2, 0.25) is 0 Å². The molecule has 0 aliphatic carbocycles.